The van der Waals surface area contributed by atoms with E-state index in [0.717, 1.165) is 37.2 Å². The highest BCUT2D eigenvalue weighted by Gasteiger charge is 2.28. The highest BCUT2D eigenvalue weighted by atomic mass is 16.2. The summed E-state index contributed by atoms with van der Waals surface area (Å²) in [5.41, 5.74) is 8.12. The molecule has 2 aromatic heterocycles. The molecule has 136 valence electrons. The molecule has 1 aliphatic rings. The molecule has 3 rings (SSSR count). The van der Waals surface area contributed by atoms with Gasteiger partial charge >= 0.3 is 0 Å². The van der Waals surface area contributed by atoms with Crippen molar-refractivity contribution in [1.29, 1.82) is 5.26 Å². The SMILES string of the molecule is CC1CCC([C@H](N)C(=O)Nc2ccc(-c3c(C#N)cnn3C)cn2)CC1. The Morgan fingerprint density at radius 1 is 1.35 bits per heavy atom. The lowest BCUT2D eigenvalue weighted by molar-refractivity contribution is -0.118. The van der Waals surface area contributed by atoms with E-state index >= 15 is 0 Å². The van der Waals surface area contributed by atoms with Gasteiger partial charge in [-0.25, -0.2) is 4.98 Å². The number of aryl methyl sites for hydroxylation is 1. The molecule has 7 nitrogen and oxygen atoms in total. The van der Waals surface area contributed by atoms with Crippen LogP contribution in [0.25, 0.3) is 11.3 Å². The molecular formula is C19H24N6O. The van der Waals surface area contributed by atoms with E-state index in [1.165, 1.54) is 6.20 Å². The van der Waals surface area contributed by atoms with Gasteiger partial charge in [0.25, 0.3) is 0 Å². The molecule has 0 bridgehead atoms. The van der Waals surface area contributed by atoms with Crippen molar-refractivity contribution in [2.75, 3.05) is 5.32 Å². The van der Waals surface area contributed by atoms with E-state index in [0.29, 0.717) is 17.1 Å². The van der Waals surface area contributed by atoms with Gasteiger partial charge in [-0.1, -0.05) is 19.8 Å². The molecule has 3 N–H and O–H groups in total. The predicted molar refractivity (Wildman–Crippen MR) is 98.9 cm³/mol. The number of nitrogens with two attached hydrogens (primary N) is 1. The van der Waals surface area contributed by atoms with E-state index in [4.69, 9.17) is 5.73 Å². The fourth-order valence-electron chi connectivity index (χ4n) is 3.54. The summed E-state index contributed by atoms with van der Waals surface area (Å²) in [4.78, 5) is 16.7. The zero-order chi connectivity index (χ0) is 18.7. The summed E-state index contributed by atoms with van der Waals surface area (Å²) in [7, 11) is 1.77. The predicted octanol–water partition coefficient (Wildman–Crippen LogP) is 2.45. The molecular weight excluding hydrogens is 328 g/mol. The molecule has 0 spiro atoms. The zero-order valence-electron chi connectivity index (χ0n) is 15.1. The smallest absolute Gasteiger partial charge is 0.242 e. The number of carbonyl (C=O) groups excluding carboxylic acids is 1. The lowest BCUT2D eigenvalue weighted by Crippen LogP contribution is -2.43. The van der Waals surface area contributed by atoms with E-state index in [2.05, 4.69) is 28.4 Å². The summed E-state index contributed by atoms with van der Waals surface area (Å²) >= 11 is 0. The molecule has 1 saturated carbocycles. The van der Waals surface area contributed by atoms with Gasteiger partial charge in [0.1, 0.15) is 11.9 Å². The second-order valence-electron chi connectivity index (χ2n) is 7.11. The van der Waals surface area contributed by atoms with Gasteiger partial charge in [-0.2, -0.15) is 10.4 Å². The number of pyridine rings is 1. The fourth-order valence-corrected chi connectivity index (χ4v) is 3.54. The van der Waals surface area contributed by atoms with Crippen molar-refractivity contribution in [3.05, 3.63) is 30.1 Å². The van der Waals surface area contributed by atoms with Crippen molar-refractivity contribution in [2.45, 2.75) is 38.6 Å². The first-order valence-corrected chi connectivity index (χ1v) is 8.94. The molecule has 1 aliphatic carbocycles. The lowest BCUT2D eigenvalue weighted by Gasteiger charge is -2.29. The maximum absolute atomic E-state index is 12.4. The number of hydrogen-bond acceptors (Lipinski definition) is 5. The third kappa shape index (κ3) is 3.75. The molecule has 1 fully saturated rings. The van der Waals surface area contributed by atoms with Crippen LogP contribution in [0.15, 0.2) is 24.5 Å². The van der Waals surface area contributed by atoms with Crippen LogP contribution in [0.1, 0.15) is 38.2 Å². The first kappa shape index (κ1) is 18.1. The van der Waals surface area contributed by atoms with Gasteiger partial charge in [-0.15, -0.1) is 0 Å². The first-order chi connectivity index (χ1) is 12.5. The van der Waals surface area contributed by atoms with Crippen molar-refractivity contribution in [2.24, 2.45) is 24.6 Å². The van der Waals surface area contributed by atoms with Gasteiger partial charge < -0.3 is 11.1 Å². The standard InChI is InChI=1S/C19H24N6O/c1-12-3-5-13(6-4-12)17(21)19(26)24-16-8-7-14(10-22-16)18-15(9-20)11-23-25(18)2/h7-8,10-13,17H,3-6,21H2,1-2H3,(H,22,24,26)/t12?,13?,17-/m0/s1. The van der Waals surface area contributed by atoms with E-state index in [9.17, 15) is 10.1 Å². The minimum Gasteiger partial charge on any atom is -0.320 e. The Balaban J connectivity index is 1.66. The lowest BCUT2D eigenvalue weighted by atomic mass is 9.79. The summed E-state index contributed by atoms with van der Waals surface area (Å²) in [5, 5.41) is 16.1. The third-order valence-electron chi connectivity index (χ3n) is 5.22. The van der Waals surface area contributed by atoms with E-state index in [1.807, 2.05) is 6.07 Å². The molecule has 1 atom stereocenters. The molecule has 7 heteroatoms. The zero-order valence-corrected chi connectivity index (χ0v) is 15.1. The first-order valence-electron chi connectivity index (χ1n) is 8.94. The van der Waals surface area contributed by atoms with Crippen LogP contribution in [-0.4, -0.2) is 26.7 Å². The highest BCUT2D eigenvalue weighted by Crippen LogP contribution is 2.30. The molecule has 0 aromatic carbocycles. The molecule has 2 aromatic rings. The second kappa shape index (κ2) is 7.67. The van der Waals surface area contributed by atoms with Crippen LogP contribution >= 0.6 is 0 Å². The average molecular weight is 352 g/mol. The van der Waals surface area contributed by atoms with Crippen molar-refractivity contribution < 1.29 is 4.79 Å². The number of nitriles is 1. The van der Waals surface area contributed by atoms with Crippen LogP contribution in [0.3, 0.4) is 0 Å². The molecule has 0 unspecified atom stereocenters. The minimum absolute atomic E-state index is 0.192. The normalized spacial score (nSPS) is 21.0. The monoisotopic (exact) mass is 352 g/mol. The summed E-state index contributed by atoms with van der Waals surface area (Å²) in [5.74, 6) is 1.22. The molecule has 2 heterocycles. The summed E-state index contributed by atoms with van der Waals surface area (Å²) in [6.07, 6.45) is 7.41. The number of nitrogens with zero attached hydrogens (tertiary/aromatic N) is 4. The van der Waals surface area contributed by atoms with E-state index in [1.54, 1.807) is 24.0 Å². The van der Waals surface area contributed by atoms with E-state index in [-0.39, 0.29) is 11.8 Å². The Kier molecular flexibility index (Phi) is 5.33. The summed E-state index contributed by atoms with van der Waals surface area (Å²) < 4.78 is 1.63. The maximum Gasteiger partial charge on any atom is 0.242 e. The van der Waals surface area contributed by atoms with Crippen LogP contribution in [-0.2, 0) is 11.8 Å². The molecule has 1 amide bonds. The van der Waals surface area contributed by atoms with Crippen LogP contribution in [0.2, 0.25) is 0 Å². The Bertz CT molecular complexity index is 812. The molecule has 0 saturated heterocycles. The molecule has 0 radical (unpaired) electrons. The van der Waals surface area contributed by atoms with Crippen LogP contribution in [0.4, 0.5) is 5.82 Å². The number of rotatable bonds is 4. The van der Waals surface area contributed by atoms with Gasteiger partial charge in [0, 0.05) is 18.8 Å². The van der Waals surface area contributed by atoms with E-state index < -0.39 is 6.04 Å². The third-order valence-corrected chi connectivity index (χ3v) is 5.22. The maximum atomic E-state index is 12.4. The second-order valence-corrected chi connectivity index (χ2v) is 7.11. The van der Waals surface area contributed by atoms with Crippen LogP contribution < -0.4 is 11.1 Å². The molecule has 26 heavy (non-hydrogen) atoms. The Morgan fingerprint density at radius 2 is 2.08 bits per heavy atom. The van der Waals surface area contributed by atoms with Crippen molar-refractivity contribution in [3.63, 3.8) is 0 Å². The average Bonchev–Trinajstić information content (AvgIpc) is 3.03. The Labute approximate surface area is 153 Å². The highest BCUT2D eigenvalue weighted by molar-refractivity contribution is 5.94. The number of nitrogens with one attached hydrogen (secondary N) is 1. The van der Waals surface area contributed by atoms with Crippen molar-refractivity contribution in [3.8, 4) is 17.3 Å². The van der Waals surface area contributed by atoms with Crippen LogP contribution in [0, 0.1) is 23.2 Å². The quantitative estimate of drug-likeness (QED) is 0.878. The van der Waals surface area contributed by atoms with Gasteiger partial charge in [-0.3, -0.25) is 9.48 Å². The molecule has 0 aliphatic heterocycles. The fraction of sp³-hybridized carbons (Fsp3) is 0.474. The number of aromatic nitrogens is 3. The van der Waals surface area contributed by atoms with Gasteiger partial charge in [-0.05, 0) is 36.8 Å². The number of amides is 1. The Morgan fingerprint density at radius 3 is 2.69 bits per heavy atom. The largest absolute Gasteiger partial charge is 0.320 e. The van der Waals surface area contributed by atoms with Gasteiger partial charge in [0.05, 0.1) is 23.5 Å². The van der Waals surface area contributed by atoms with Crippen LogP contribution in [0.5, 0.6) is 0 Å². The Hall–Kier alpha value is -2.72. The topological polar surface area (TPSA) is 110 Å². The minimum atomic E-state index is -0.508. The number of hydrogen-bond donors (Lipinski definition) is 2. The number of anilines is 1. The summed E-state index contributed by atoms with van der Waals surface area (Å²) in [6.45, 7) is 2.24. The van der Waals surface area contributed by atoms with Gasteiger partial charge in [0.15, 0.2) is 0 Å². The van der Waals surface area contributed by atoms with Crippen molar-refractivity contribution in [1.82, 2.24) is 14.8 Å². The number of carbonyl (C=O) groups is 1. The van der Waals surface area contributed by atoms with Gasteiger partial charge in [0.2, 0.25) is 5.91 Å². The van der Waals surface area contributed by atoms with Crippen molar-refractivity contribution >= 4 is 11.7 Å². The summed E-state index contributed by atoms with van der Waals surface area (Å²) in [6, 6.07) is 5.14.